The fourth-order valence-electron chi connectivity index (χ4n) is 4.34. The third kappa shape index (κ3) is 10.1. The van der Waals surface area contributed by atoms with Crippen LogP contribution in [0.3, 0.4) is 0 Å². The van der Waals surface area contributed by atoms with Crippen LogP contribution in [0.4, 0.5) is 0 Å². The van der Waals surface area contributed by atoms with Gasteiger partial charge in [0.25, 0.3) is 0 Å². The van der Waals surface area contributed by atoms with Crippen LogP contribution in [0.5, 0.6) is 5.75 Å². The molecular formula is C31H39O7Pd-. The van der Waals surface area contributed by atoms with E-state index in [2.05, 4.69) is 0 Å². The molecule has 216 valence electrons. The molecule has 1 aliphatic carbocycles. The van der Waals surface area contributed by atoms with Crippen molar-refractivity contribution in [2.75, 3.05) is 13.2 Å². The van der Waals surface area contributed by atoms with Gasteiger partial charge >= 0.3 is 11.9 Å². The van der Waals surface area contributed by atoms with Gasteiger partial charge in [0.05, 0.1) is 17.9 Å². The molecule has 1 saturated heterocycles. The number of carboxylic acids is 2. The summed E-state index contributed by atoms with van der Waals surface area (Å²) >= 11 is 0. The molecule has 4 N–H and O–H groups in total. The van der Waals surface area contributed by atoms with Crippen LogP contribution in [0.25, 0.3) is 10.8 Å². The predicted molar refractivity (Wildman–Crippen MR) is 149 cm³/mol. The summed E-state index contributed by atoms with van der Waals surface area (Å²) in [7, 11) is 0. The van der Waals surface area contributed by atoms with E-state index in [0.29, 0.717) is 6.42 Å². The summed E-state index contributed by atoms with van der Waals surface area (Å²) < 4.78 is 4.94. The fourth-order valence-corrected chi connectivity index (χ4v) is 4.34. The Bertz CT molecular complexity index is 1220. The molecule has 0 radical (unpaired) electrons. The average molecular weight is 630 g/mol. The number of hydrogen-bond donors (Lipinski definition) is 4. The Hall–Kier alpha value is -2.76. The SMILES string of the molecule is C1CCOC1.C[C@H](C(=O)O)c1ccc2c(c1)CCC(O)C2.C[C@H](C(=O)O)c1ccc2cc(O)ccc2c1.[CH3-].[Pd]. The van der Waals surface area contributed by atoms with Crippen molar-refractivity contribution in [3.63, 3.8) is 0 Å². The van der Waals surface area contributed by atoms with Crippen molar-refractivity contribution < 1.29 is 55.2 Å². The smallest absolute Gasteiger partial charge is 0.310 e. The molecule has 1 heterocycles. The first kappa shape index (κ1) is 34.3. The van der Waals surface area contributed by atoms with E-state index in [4.69, 9.17) is 14.9 Å². The Morgan fingerprint density at radius 1 is 0.821 bits per heavy atom. The number of carbonyl (C=O) groups is 2. The summed E-state index contributed by atoms with van der Waals surface area (Å²) in [5.41, 5.74) is 3.96. The molecule has 0 bridgehead atoms. The molecule has 1 aliphatic heterocycles. The number of benzene rings is 3. The Kier molecular flexibility index (Phi) is 14.4. The van der Waals surface area contributed by atoms with Crippen molar-refractivity contribution in [3.8, 4) is 5.75 Å². The molecule has 0 saturated carbocycles. The number of carboxylic acid groups (broad SMARTS) is 2. The quantitative estimate of drug-likeness (QED) is 0.216. The fraction of sp³-hybridized carbons (Fsp3) is 0.387. The van der Waals surface area contributed by atoms with Crippen molar-refractivity contribution in [2.24, 2.45) is 0 Å². The first-order chi connectivity index (χ1) is 17.7. The number of aliphatic carboxylic acids is 2. The largest absolute Gasteiger partial charge is 0.508 e. The standard InChI is InChI=1S/C13H16O3.C13H12O3.C4H8O.CH3.Pd/c2*1-8(13(15)16)9-2-3-11-7-12(14)5-4-10(11)6-9;1-2-4-5-3-1;;/h2-3,6,8,12,14H,4-5,7H2,1H3,(H,15,16);2-8,14H,1H3,(H,15,16);1-4H2;1H3;/q;;;-1;/t8-,12?;8-;;;/m00.../s1. The second-order valence-corrected chi connectivity index (χ2v) is 9.65. The second-order valence-electron chi connectivity index (χ2n) is 9.65. The zero-order valence-corrected chi connectivity index (χ0v) is 24.3. The maximum absolute atomic E-state index is 10.9. The molecule has 0 aromatic heterocycles. The molecule has 0 amide bonds. The van der Waals surface area contributed by atoms with Gasteiger partial charge in [0.15, 0.2) is 0 Å². The number of aliphatic hydroxyl groups is 1. The first-order valence-corrected chi connectivity index (χ1v) is 12.7. The third-order valence-electron chi connectivity index (χ3n) is 6.85. The molecule has 1 fully saturated rings. The van der Waals surface area contributed by atoms with Crippen LogP contribution in [-0.2, 0) is 47.6 Å². The van der Waals surface area contributed by atoms with E-state index in [1.165, 1.54) is 18.4 Å². The van der Waals surface area contributed by atoms with Crippen LogP contribution >= 0.6 is 0 Å². The summed E-state index contributed by atoms with van der Waals surface area (Å²) in [5, 5.41) is 38.5. The summed E-state index contributed by atoms with van der Waals surface area (Å²) in [6.45, 7) is 5.35. The van der Waals surface area contributed by atoms with E-state index in [9.17, 15) is 19.8 Å². The van der Waals surface area contributed by atoms with Crippen LogP contribution in [0.2, 0.25) is 0 Å². The van der Waals surface area contributed by atoms with Gasteiger partial charge in [-0.05, 0) is 91.1 Å². The van der Waals surface area contributed by atoms with E-state index in [1.807, 2.05) is 30.3 Å². The number of phenolic OH excluding ortho intramolecular Hbond substituents is 1. The van der Waals surface area contributed by atoms with Crippen LogP contribution in [0.15, 0.2) is 54.6 Å². The number of fused-ring (bicyclic) bond motifs is 2. The summed E-state index contributed by atoms with van der Waals surface area (Å²) in [6.07, 6.45) is 4.63. The molecule has 1 unspecified atom stereocenters. The molecule has 3 aromatic rings. The molecule has 0 spiro atoms. The number of rotatable bonds is 4. The van der Waals surface area contributed by atoms with Crippen molar-refractivity contribution in [3.05, 3.63) is 84.3 Å². The van der Waals surface area contributed by atoms with E-state index in [0.717, 1.165) is 53.5 Å². The number of hydrogen-bond acceptors (Lipinski definition) is 5. The van der Waals surface area contributed by atoms with Crippen LogP contribution in [-0.4, -0.2) is 51.7 Å². The minimum absolute atomic E-state index is 0. The summed E-state index contributed by atoms with van der Waals surface area (Å²) in [5.74, 6) is -2.39. The van der Waals surface area contributed by atoms with Gasteiger partial charge in [-0.15, -0.1) is 0 Å². The minimum atomic E-state index is -0.835. The van der Waals surface area contributed by atoms with Gasteiger partial charge < -0.3 is 32.6 Å². The van der Waals surface area contributed by atoms with Crippen molar-refractivity contribution in [1.29, 1.82) is 0 Å². The van der Waals surface area contributed by atoms with E-state index >= 15 is 0 Å². The normalized spacial score (nSPS) is 16.9. The predicted octanol–water partition coefficient (Wildman–Crippen LogP) is 5.70. The van der Waals surface area contributed by atoms with Crippen LogP contribution < -0.4 is 0 Å². The summed E-state index contributed by atoms with van der Waals surface area (Å²) in [6, 6.07) is 16.3. The van der Waals surface area contributed by atoms with E-state index in [1.54, 1.807) is 38.1 Å². The van der Waals surface area contributed by atoms with Crippen molar-refractivity contribution >= 4 is 22.7 Å². The number of ether oxygens (including phenoxy) is 1. The van der Waals surface area contributed by atoms with Gasteiger partial charge in [-0.3, -0.25) is 9.59 Å². The minimum Gasteiger partial charge on any atom is -0.508 e. The zero-order valence-electron chi connectivity index (χ0n) is 22.7. The molecule has 8 heteroatoms. The average Bonchev–Trinajstić information content (AvgIpc) is 3.48. The van der Waals surface area contributed by atoms with Crippen LogP contribution in [0, 0.1) is 7.43 Å². The molecule has 39 heavy (non-hydrogen) atoms. The topological polar surface area (TPSA) is 124 Å². The number of aliphatic hydroxyl groups excluding tert-OH is 1. The van der Waals surface area contributed by atoms with Gasteiger partial charge in [0, 0.05) is 33.6 Å². The van der Waals surface area contributed by atoms with Gasteiger partial charge in [-0.2, -0.15) is 0 Å². The maximum atomic E-state index is 10.9. The first-order valence-electron chi connectivity index (χ1n) is 12.7. The molecule has 7 nitrogen and oxygen atoms in total. The van der Waals surface area contributed by atoms with Crippen LogP contribution in [0.1, 0.15) is 67.2 Å². The Morgan fingerprint density at radius 3 is 1.92 bits per heavy atom. The Balaban J connectivity index is 0.000000317. The van der Waals surface area contributed by atoms with Gasteiger partial charge in [-0.1, -0.05) is 42.5 Å². The van der Waals surface area contributed by atoms with Crippen molar-refractivity contribution in [1.82, 2.24) is 0 Å². The van der Waals surface area contributed by atoms with Gasteiger partial charge in [-0.25, -0.2) is 0 Å². The molecular weight excluding hydrogens is 591 g/mol. The number of phenols is 1. The van der Waals surface area contributed by atoms with E-state index < -0.39 is 23.8 Å². The third-order valence-corrected chi connectivity index (χ3v) is 6.85. The Labute approximate surface area is 244 Å². The molecule has 3 atom stereocenters. The number of aromatic hydroxyl groups is 1. The van der Waals surface area contributed by atoms with E-state index in [-0.39, 0.29) is 39.7 Å². The maximum Gasteiger partial charge on any atom is 0.310 e. The summed E-state index contributed by atoms with van der Waals surface area (Å²) in [4.78, 5) is 21.7. The van der Waals surface area contributed by atoms with Crippen molar-refractivity contribution in [2.45, 2.75) is 63.9 Å². The molecule has 5 rings (SSSR count). The zero-order chi connectivity index (χ0) is 26.9. The molecule has 2 aliphatic rings. The number of aryl methyl sites for hydroxylation is 1. The monoisotopic (exact) mass is 629 g/mol. The second kappa shape index (κ2) is 16.4. The van der Waals surface area contributed by atoms with Gasteiger partial charge in [0.1, 0.15) is 5.75 Å². The Morgan fingerprint density at radius 2 is 1.36 bits per heavy atom. The van der Waals surface area contributed by atoms with Gasteiger partial charge in [0.2, 0.25) is 0 Å². The molecule has 3 aromatic carbocycles.